The Labute approximate surface area is 176 Å². The molecule has 3 aromatic rings. The molecule has 0 aliphatic carbocycles. The molecule has 31 heavy (non-hydrogen) atoms. The number of carbonyl (C=O) groups excluding carboxylic acids is 2. The topological polar surface area (TPSA) is 68.3 Å². The number of carbonyl (C=O) groups is 2. The molecule has 0 bridgehead atoms. The second kappa shape index (κ2) is 9.88. The average Bonchev–Trinajstić information content (AvgIpc) is 2.78. The standard InChI is InChI=1S/C23H19F3N2O3/c24-23(25,26)22(30)28-19(14-16-8-3-1-4-9-16)20-18(12-7-13-27-20)21(29)31-15-17-10-5-2-6-11-17/h1-13,19H,14-15H2,(H,28,30)/t19-/m0/s1. The van der Waals surface area contributed by atoms with Crippen LogP contribution in [0.4, 0.5) is 13.2 Å². The maximum atomic E-state index is 12.9. The Morgan fingerprint density at radius 1 is 0.903 bits per heavy atom. The van der Waals surface area contributed by atoms with Gasteiger partial charge in [-0.15, -0.1) is 0 Å². The summed E-state index contributed by atoms with van der Waals surface area (Å²) < 4.78 is 44.0. The van der Waals surface area contributed by atoms with Crippen molar-refractivity contribution in [2.24, 2.45) is 0 Å². The molecule has 3 rings (SSSR count). The van der Waals surface area contributed by atoms with Crippen LogP contribution in [0.15, 0.2) is 79.0 Å². The highest BCUT2D eigenvalue weighted by molar-refractivity contribution is 5.91. The second-order valence-electron chi connectivity index (χ2n) is 6.71. The van der Waals surface area contributed by atoms with Crippen molar-refractivity contribution >= 4 is 11.9 Å². The zero-order valence-electron chi connectivity index (χ0n) is 16.3. The van der Waals surface area contributed by atoms with Gasteiger partial charge in [0.05, 0.1) is 17.3 Å². The quantitative estimate of drug-likeness (QED) is 0.567. The Bertz CT molecular complexity index is 1020. The van der Waals surface area contributed by atoms with Gasteiger partial charge in [0.2, 0.25) is 0 Å². The van der Waals surface area contributed by atoms with E-state index in [4.69, 9.17) is 4.74 Å². The fourth-order valence-electron chi connectivity index (χ4n) is 2.97. The lowest BCUT2D eigenvalue weighted by molar-refractivity contribution is -0.174. The van der Waals surface area contributed by atoms with Crippen molar-refractivity contribution in [2.45, 2.75) is 25.2 Å². The number of ether oxygens (including phenoxy) is 1. The van der Waals surface area contributed by atoms with Crippen molar-refractivity contribution in [3.05, 3.63) is 101 Å². The van der Waals surface area contributed by atoms with Crippen LogP contribution in [0, 0.1) is 0 Å². The van der Waals surface area contributed by atoms with Crippen molar-refractivity contribution in [1.29, 1.82) is 0 Å². The minimum absolute atomic E-state index is 0.00187. The second-order valence-corrected chi connectivity index (χ2v) is 6.71. The normalized spacial score (nSPS) is 12.1. The number of esters is 1. The van der Waals surface area contributed by atoms with Gasteiger partial charge in [-0.3, -0.25) is 9.78 Å². The maximum Gasteiger partial charge on any atom is 0.471 e. The first-order chi connectivity index (χ1) is 14.8. The lowest BCUT2D eigenvalue weighted by Gasteiger charge is -2.21. The van der Waals surface area contributed by atoms with E-state index in [0.717, 1.165) is 5.56 Å². The summed E-state index contributed by atoms with van der Waals surface area (Å²) in [7, 11) is 0. The van der Waals surface area contributed by atoms with E-state index in [1.807, 2.05) is 11.4 Å². The summed E-state index contributed by atoms with van der Waals surface area (Å²) in [6, 6.07) is 19.3. The van der Waals surface area contributed by atoms with Gasteiger partial charge in [0, 0.05) is 6.20 Å². The summed E-state index contributed by atoms with van der Waals surface area (Å²) in [5, 5.41) is 1.96. The van der Waals surface area contributed by atoms with Crippen LogP contribution in [0.2, 0.25) is 0 Å². The molecule has 1 amide bonds. The summed E-state index contributed by atoms with van der Waals surface area (Å²) in [4.78, 5) is 28.4. The van der Waals surface area contributed by atoms with E-state index < -0.39 is 24.1 Å². The molecule has 0 fully saturated rings. The Balaban J connectivity index is 1.87. The van der Waals surface area contributed by atoms with E-state index in [-0.39, 0.29) is 24.3 Å². The first-order valence-corrected chi connectivity index (χ1v) is 9.42. The molecule has 160 valence electrons. The molecule has 0 radical (unpaired) electrons. The highest BCUT2D eigenvalue weighted by Gasteiger charge is 2.40. The van der Waals surface area contributed by atoms with Gasteiger partial charge < -0.3 is 10.1 Å². The van der Waals surface area contributed by atoms with Crippen LogP contribution in [-0.4, -0.2) is 23.0 Å². The summed E-state index contributed by atoms with van der Waals surface area (Å²) in [6.45, 7) is -0.00767. The predicted molar refractivity (Wildman–Crippen MR) is 107 cm³/mol. The molecular weight excluding hydrogens is 409 g/mol. The van der Waals surface area contributed by atoms with Gasteiger partial charge in [0.25, 0.3) is 0 Å². The zero-order valence-corrected chi connectivity index (χ0v) is 16.3. The minimum atomic E-state index is -5.07. The lowest BCUT2D eigenvalue weighted by atomic mass is 9.99. The summed E-state index contributed by atoms with van der Waals surface area (Å²) in [6.07, 6.45) is -3.71. The van der Waals surface area contributed by atoms with Gasteiger partial charge >= 0.3 is 18.1 Å². The number of nitrogens with zero attached hydrogens (tertiary/aromatic N) is 1. The van der Waals surface area contributed by atoms with Gasteiger partial charge in [0.1, 0.15) is 6.61 Å². The highest BCUT2D eigenvalue weighted by atomic mass is 19.4. The molecule has 0 aliphatic heterocycles. The number of amides is 1. The SMILES string of the molecule is O=C(OCc1ccccc1)c1cccnc1[C@H](Cc1ccccc1)NC(=O)C(F)(F)F. The maximum absolute atomic E-state index is 12.9. The molecule has 1 heterocycles. The number of aromatic nitrogens is 1. The highest BCUT2D eigenvalue weighted by Crippen LogP contribution is 2.24. The van der Waals surface area contributed by atoms with Gasteiger partial charge in [-0.2, -0.15) is 13.2 Å². The van der Waals surface area contributed by atoms with Crippen molar-refractivity contribution < 1.29 is 27.5 Å². The van der Waals surface area contributed by atoms with E-state index >= 15 is 0 Å². The zero-order chi connectivity index (χ0) is 22.3. The first-order valence-electron chi connectivity index (χ1n) is 9.42. The number of halogens is 3. The van der Waals surface area contributed by atoms with E-state index in [1.165, 1.54) is 18.3 Å². The fourth-order valence-corrected chi connectivity index (χ4v) is 2.97. The number of hydrogen-bond donors (Lipinski definition) is 1. The number of hydrogen-bond acceptors (Lipinski definition) is 4. The molecule has 2 aromatic carbocycles. The number of pyridine rings is 1. The molecule has 0 unspecified atom stereocenters. The molecule has 0 saturated carbocycles. The lowest BCUT2D eigenvalue weighted by Crippen LogP contribution is -2.40. The largest absolute Gasteiger partial charge is 0.471 e. The van der Waals surface area contributed by atoms with Crippen LogP contribution in [-0.2, 0) is 22.6 Å². The molecule has 0 aliphatic rings. The number of alkyl halides is 3. The van der Waals surface area contributed by atoms with Crippen molar-refractivity contribution in [3.63, 3.8) is 0 Å². The Hall–Kier alpha value is -3.68. The third-order valence-electron chi connectivity index (χ3n) is 4.45. The fraction of sp³-hybridized carbons (Fsp3) is 0.174. The Morgan fingerprint density at radius 3 is 2.13 bits per heavy atom. The van der Waals surface area contributed by atoms with Crippen LogP contribution in [0.5, 0.6) is 0 Å². The molecule has 0 saturated heterocycles. The van der Waals surface area contributed by atoms with Gasteiger partial charge in [0.15, 0.2) is 0 Å². The van der Waals surface area contributed by atoms with E-state index in [0.29, 0.717) is 5.56 Å². The number of rotatable bonds is 7. The number of benzene rings is 2. The van der Waals surface area contributed by atoms with Crippen molar-refractivity contribution in [3.8, 4) is 0 Å². The molecule has 1 N–H and O–H groups in total. The van der Waals surface area contributed by atoms with Gasteiger partial charge in [-0.1, -0.05) is 60.7 Å². The van der Waals surface area contributed by atoms with E-state index in [1.54, 1.807) is 54.6 Å². The Morgan fingerprint density at radius 2 is 1.52 bits per heavy atom. The molecule has 5 nitrogen and oxygen atoms in total. The molecular formula is C23H19F3N2O3. The Kier molecular flexibility index (Phi) is 7.02. The molecule has 1 aromatic heterocycles. The van der Waals surface area contributed by atoms with E-state index in [2.05, 4.69) is 4.98 Å². The van der Waals surface area contributed by atoms with Crippen LogP contribution in [0.3, 0.4) is 0 Å². The smallest absolute Gasteiger partial charge is 0.457 e. The van der Waals surface area contributed by atoms with Crippen molar-refractivity contribution in [2.75, 3.05) is 0 Å². The average molecular weight is 428 g/mol. The molecule has 0 spiro atoms. The van der Waals surface area contributed by atoms with Crippen LogP contribution in [0.1, 0.15) is 33.2 Å². The van der Waals surface area contributed by atoms with Crippen molar-refractivity contribution in [1.82, 2.24) is 10.3 Å². The third-order valence-corrected chi connectivity index (χ3v) is 4.45. The van der Waals surface area contributed by atoms with E-state index in [9.17, 15) is 22.8 Å². The third kappa shape index (κ3) is 6.15. The molecule has 8 heteroatoms. The van der Waals surface area contributed by atoms with Crippen LogP contribution < -0.4 is 5.32 Å². The van der Waals surface area contributed by atoms with Gasteiger partial charge in [-0.05, 0) is 29.7 Å². The summed E-state index contributed by atoms with van der Waals surface area (Å²) in [5.74, 6) is -2.85. The molecule has 1 atom stereocenters. The predicted octanol–water partition coefficient (Wildman–Crippen LogP) is 4.40. The number of nitrogens with one attached hydrogen (secondary N) is 1. The summed E-state index contributed by atoms with van der Waals surface area (Å²) >= 11 is 0. The first kappa shape index (κ1) is 22.0. The van der Waals surface area contributed by atoms with Gasteiger partial charge in [-0.25, -0.2) is 4.79 Å². The van der Waals surface area contributed by atoms with Crippen LogP contribution >= 0.6 is 0 Å². The van der Waals surface area contributed by atoms with Crippen LogP contribution in [0.25, 0.3) is 0 Å². The monoisotopic (exact) mass is 428 g/mol. The minimum Gasteiger partial charge on any atom is -0.457 e. The summed E-state index contributed by atoms with van der Waals surface area (Å²) in [5.41, 5.74) is 1.42.